The molecule has 2 atom stereocenters. The lowest BCUT2D eigenvalue weighted by Gasteiger charge is -2.27. The van der Waals surface area contributed by atoms with Gasteiger partial charge < -0.3 is 10.5 Å². The third-order valence-electron chi connectivity index (χ3n) is 3.08. The van der Waals surface area contributed by atoms with E-state index in [4.69, 9.17) is 22.1 Å². The monoisotopic (exact) mass is 270 g/mol. The third-order valence-corrected chi connectivity index (χ3v) is 3.31. The summed E-state index contributed by atoms with van der Waals surface area (Å²) < 4.78 is 5.69. The highest BCUT2D eigenvalue weighted by molar-refractivity contribution is 6.30. The van der Waals surface area contributed by atoms with Crippen molar-refractivity contribution < 1.29 is 9.66 Å². The molecule has 1 aliphatic rings. The van der Waals surface area contributed by atoms with E-state index >= 15 is 0 Å². The molecule has 0 radical (unpaired) electrons. The van der Waals surface area contributed by atoms with Gasteiger partial charge in [0.15, 0.2) is 5.75 Å². The maximum atomic E-state index is 10.9. The second-order valence-corrected chi connectivity index (χ2v) is 4.97. The van der Waals surface area contributed by atoms with E-state index in [2.05, 4.69) is 0 Å². The Hall–Kier alpha value is -1.33. The molecule has 2 rings (SSSR count). The number of nitrogens with zero attached hydrogens (tertiary/aromatic N) is 1. The van der Waals surface area contributed by atoms with Crippen LogP contribution < -0.4 is 10.5 Å². The van der Waals surface area contributed by atoms with Gasteiger partial charge in [0.2, 0.25) is 0 Å². The Kier molecular flexibility index (Phi) is 4.04. The number of nitro benzene ring substituents is 1. The number of halogens is 1. The van der Waals surface area contributed by atoms with E-state index < -0.39 is 4.92 Å². The van der Waals surface area contributed by atoms with Crippen molar-refractivity contribution in [1.82, 2.24) is 0 Å². The van der Waals surface area contributed by atoms with Gasteiger partial charge in [0.25, 0.3) is 0 Å². The van der Waals surface area contributed by atoms with Gasteiger partial charge in [0, 0.05) is 17.1 Å². The van der Waals surface area contributed by atoms with Crippen LogP contribution in [-0.2, 0) is 0 Å². The van der Waals surface area contributed by atoms with Crippen molar-refractivity contribution in [3.63, 3.8) is 0 Å². The molecule has 0 heterocycles. The quantitative estimate of drug-likeness (QED) is 0.677. The van der Waals surface area contributed by atoms with Crippen LogP contribution in [-0.4, -0.2) is 17.1 Å². The van der Waals surface area contributed by atoms with Gasteiger partial charge >= 0.3 is 5.69 Å². The Morgan fingerprint density at radius 1 is 1.44 bits per heavy atom. The average Bonchev–Trinajstić information content (AvgIpc) is 2.31. The van der Waals surface area contributed by atoms with E-state index in [0.29, 0.717) is 5.02 Å². The summed E-state index contributed by atoms with van der Waals surface area (Å²) in [6.07, 6.45) is 3.55. The van der Waals surface area contributed by atoms with Crippen LogP contribution in [0.25, 0.3) is 0 Å². The van der Waals surface area contributed by atoms with Crippen molar-refractivity contribution in [2.24, 2.45) is 5.73 Å². The van der Waals surface area contributed by atoms with E-state index in [1.165, 1.54) is 6.07 Å². The van der Waals surface area contributed by atoms with Crippen molar-refractivity contribution >= 4 is 17.3 Å². The highest BCUT2D eigenvalue weighted by Crippen LogP contribution is 2.32. The van der Waals surface area contributed by atoms with E-state index in [9.17, 15) is 10.1 Å². The third kappa shape index (κ3) is 3.11. The standard InChI is InChI=1S/C12H15ClN2O3/c13-8-4-5-12(11(6-8)15(16)17)18-10-3-1-2-9(14)7-10/h4-6,9-10H,1-3,7,14H2. The van der Waals surface area contributed by atoms with Crippen molar-refractivity contribution in [2.45, 2.75) is 37.8 Å². The second kappa shape index (κ2) is 5.54. The number of ether oxygens (including phenoxy) is 1. The molecule has 6 heteroatoms. The lowest BCUT2D eigenvalue weighted by molar-refractivity contribution is -0.386. The molecule has 0 spiro atoms. The summed E-state index contributed by atoms with van der Waals surface area (Å²) in [5, 5.41) is 11.3. The Bertz CT molecular complexity index is 453. The highest BCUT2D eigenvalue weighted by atomic mass is 35.5. The van der Waals surface area contributed by atoms with Crippen molar-refractivity contribution in [3.8, 4) is 5.75 Å². The van der Waals surface area contributed by atoms with E-state index in [1.807, 2.05) is 0 Å². The van der Waals surface area contributed by atoms with Crippen molar-refractivity contribution in [2.75, 3.05) is 0 Å². The Labute approximate surface area is 110 Å². The lowest BCUT2D eigenvalue weighted by atomic mass is 9.93. The first-order valence-electron chi connectivity index (χ1n) is 5.92. The summed E-state index contributed by atoms with van der Waals surface area (Å²) in [6.45, 7) is 0. The van der Waals surface area contributed by atoms with Gasteiger partial charge in [-0.3, -0.25) is 10.1 Å². The maximum absolute atomic E-state index is 10.9. The van der Waals surface area contributed by atoms with E-state index in [1.54, 1.807) is 12.1 Å². The number of nitrogens with two attached hydrogens (primary N) is 1. The number of hydrogen-bond acceptors (Lipinski definition) is 4. The molecule has 1 aliphatic carbocycles. The maximum Gasteiger partial charge on any atom is 0.312 e. The van der Waals surface area contributed by atoms with Crippen LogP contribution >= 0.6 is 11.6 Å². The Balaban J connectivity index is 2.15. The normalized spacial score (nSPS) is 23.7. The topological polar surface area (TPSA) is 78.4 Å². The Morgan fingerprint density at radius 2 is 2.22 bits per heavy atom. The molecule has 0 bridgehead atoms. The molecule has 5 nitrogen and oxygen atoms in total. The number of benzene rings is 1. The van der Waals surface area contributed by atoms with E-state index in [-0.39, 0.29) is 23.6 Å². The zero-order valence-corrected chi connectivity index (χ0v) is 10.6. The van der Waals surface area contributed by atoms with Gasteiger partial charge in [-0.1, -0.05) is 11.6 Å². The van der Waals surface area contributed by atoms with Crippen LogP contribution in [0.15, 0.2) is 18.2 Å². The number of rotatable bonds is 3. The fraction of sp³-hybridized carbons (Fsp3) is 0.500. The Morgan fingerprint density at radius 3 is 2.89 bits per heavy atom. The van der Waals surface area contributed by atoms with Crippen LogP contribution in [0.1, 0.15) is 25.7 Å². The first-order chi connectivity index (χ1) is 8.56. The summed E-state index contributed by atoms with van der Waals surface area (Å²) in [6, 6.07) is 4.56. The molecule has 0 aromatic heterocycles. The molecular formula is C12H15ClN2O3. The van der Waals surface area contributed by atoms with Crippen molar-refractivity contribution in [3.05, 3.63) is 33.3 Å². The second-order valence-electron chi connectivity index (χ2n) is 4.54. The number of hydrogen-bond donors (Lipinski definition) is 1. The molecule has 0 amide bonds. The molecule has 0 saturated heterocycles. The summed E-state index contributed by atoms with van der Waals surface area (Å²) in [4.78, 5) is 10.4. The molecular weight excluding hydrogens is 256 g/mol. The van der Waals surface area contributed by atoms with Gasteiger partial charge in [-0.2, -0.15) is 0 Å². The minimum Gasteiger partial charge on any atom is -0.483 e. The molecule has 1 fully saturated rings. The van der Waals surface area contributed by atoms with Crippen molar-refractivity contribution in [1.29, 1.82) is 0 Å². The van der Waals surface area contributed by atoms with Crippen LogP contribution in [0.5, 0.6) is 5.75 Å². The summed E-state index contributed by atoms with van der Waals surface area (Å²) in [7, 11) is 0. The molecule has 98 valence electrons. The van der Waals surface area contributed by atoms with E-state index in [0.717, 1.165) is 25.7 Å². The van der Waals surface area contributed by atoms with Crippen LogP contribution in [0.4, 0.5) is 5.69 Å². The van der Waals surface area contributed by atoms with Gasteiger partial charge in [-0.15, -0.1) is 0 Å². The van der Waals surface area contributed by atoms with Gasteiger partial charge in [0.1, 0.15) is 6.10 Å². The summed E-state index contributed by atoms with van der Waals surface area (Å²) in [5.41, 5.74) is 5.77. The fourth-order valence-electron chi connectivity index (χ4n) is 2.20. The molecule has 2 unspecified atom stereocenters. The van der Waals surface area contributed by atoms with Crippen LogP contribution in [0, 0.1) is 10.1 Å². The molecule has 1 aromatic rings. The zero-order chi connectivity index (χ0) is 13.1. The fourth-order valence-corrected chi connectivity index (χ4v) is 2.37. The summed E-state index contributed by atoms with van der Waals surface area (Å²) in [5.74, 6) is 0.267. The molecule has 1 aromatic carbocycles. The molecule has 18 heavy (non-hydrogen) atoms. The van der Waals surface area contributed by atoms with Crippen LogP contribution in [0.2, 0.25) is 5.02 Å². The lowest BCUT2D eigenvalue weighted by Crippen LogP contribution is -2.33. The number of nitro groups is 1. The highest BCUT2D eigenvalue weighted by Gasteiger charge is 2.24. The molecule has 1 saturated carbocycles. The zero-order valence-electron chi connectivity index (χ0n) is 9.84. The average molecular weight is 271 g/mol. The summed E-state index contributed by atoms with van der Waals surface area (Å²) >= 11 is 5.75. The first kappa shape index (κ1) is 13.1. The SMILES string of the molecule is NC1CCCC(Oc2ccc(Cl)cc2[N+](=O)[O-])C1. The van der Waals surface area contributed by atoms with Gasteiger partial charge in [0.05, 0.1) is 4.92 Å². The smallest absolute Gasteiger partial charge is 0.312 e. The van der Waals surface area contributed by atoms with Crippen LogP contribution in [0.3, 0.4) is 0 Å². The molecule has 0 aliphatic heterocycles. The minimum atomic E-state index is -0.482. The van der Waals surface area contributed by atoms with Gasteiger partial charge in [-0.05, 0) is 37.8 Å². The predicted molar refractivity (Wildman–Crippen MR) is 69.0 cm³/mol. The first-order valence-corrected chi connectivity index (χ1v) is 6.30. The molecule has 2 N–H and O–H groups in total. The minimum absolute atomic E-state index is 0.0476. The predicted octanol–water partition coefficient (Wildman–Crippen LogP) is 2.90. The van der Waals surface area contributed by atoms with Gasteiger partial charge in [-0.25, -0.2) is 0 Å². The largest absolute Gasteiger partial charge is 0.483 e.